The van der Waals surface area contributed by atoms with E-state index in [2.05, 4.69) is 20.7 Å². The molecule has 0 fully saturated rings. The summed E-state index contributed by atoms with van der Waals surface area (Å²) in [4.78, 5) is -0.465. The first-order valence-electron chi connectivity index (χ1n) is 6.05. The van der Waals surface area contributed by atoms with Crippen molar-refractivity contribution in [2.45, 2.75) is 18.7 Å². The quantitative estimate of drug-likeness (QED) is 0.808. The van der Waals surface area contributed by atoms with Gasteiger partial charge >= 0.3 is 0 Å². The maximum Gasteiger partial charge on any atom is 0.264 e. The molecular formula is C14H14BrFN2O2S. The average molecular weight is 373 g/mol. The van der Waals surface area contributed by atoms with Gasteiger partial charge in [-0.05, 0) is 65.2 Å². The van der Waals surface area contributed by atoms with Gasteiger partial charge in [-0.3, -0.25) is 4.72 Å². The van der Waals surface area contributed by atoms with Crippen LogP contribution in [0.1, 0.15) is 11.1 Å². The molecule has 2 aromatic rings. The first-order chi connectivity index (χ1) is 9.70. The van der Waals surface area contributed by atoms with Crippen molar-refractivity contribution >= 4 is 37.3 Å². The summed E-state index contributed by atoms with van der Waals surface area (Å²) in [5.74, 6) is -0.806. The summed E-state index contributed by atoms with van der Waals surface area (Å²) >= 11 is 3.27. The lowest BCUT2D eigenvalue weighted by atomic mass is 10.2. The minimum absolute atomic E-state index is 0.179. The molecule has 2 rings (SSSR count). The van der Waals surface area contributed by atoms with Gasteiger partial charge in [-0.15, -0.1) is 0 Å². The Balaban J connectivity index is 2.48. The first kappa shape index (κ1) is 15.8. The number of nitrogen functional groups attached to an aromatic ring is 1. The molecule has 7 heteroatoms. The van der Waals surface area contributed by atoms with Gasteiger partial charge < -0.3 is 5.73 Å². The molecule has 0 atom stereocenters. The van der Waals surface area contributed by atoms with E-state index >= 15 is 0 Å². The van der Waals surface area contributed by atoms with Gasteiger partial charge in [0.05, 0.1) is 5.69 Å². The van der Waals surface area contributed by atoms with E-state index in [4.69, 9.17) is 5.73 Å². The summed E-state index contributed by atoms with van der Waals surface area (Å²) < 4.78 is 41.7. The SMILES string of the molecule is Cc1ccc(NS(=O)(=O)c2cc(N)cc(C)c2F)c(Br)c1. The third-order valence-corrected chi connectivity index (χ3v) is 4.92. The number of anilines is 2. The van der Waals surface area contributed by atoms with Gasteiger partial charge in [-0.2, -0.15) is 0 Å². The Morgan fingerprint density at radius 2 is 1.86 bits per heavy atom. The van der Waals surface area contributed by atoms with Crippen LogP contribution in [-0.2, 0) is 10.0 Å². The third-order valence-electron chi connectivity index (χ3n) is 2.90. The highest BCUT2D eigenvalue weighted by Gasteiger charge is 2.22. The standard InChI is InChI=1S/C14H14BrFN2O2S/c1-8-3-4-12(11(15)5-8)18-21(19,20)13-7-10(17)6-9(2)14(13)16/h3-7,18H,17H2,1-2H3. The number of rotatable bonds is 3. The summed E-state index contributed by atoms with van der Waals surface area (Å²) in [6.45, 7) is 3.34. The van der Waals surface area contributed by atoms with Crippen LogP contribution in [0.4, 0.5) is 15.8 Å². The number of aryl methyl sites for hydroxylation is 2. The maximum absolute atomic E-state index is 14.1. The lowest BCUT2D eigenvalue weighted by Gasteiger charge is -2.12. The molecule has 112 valence electrons. The fourth-order valence-electron chi connectivity index (χ4n) is 1.86. The van der Waals surface area contributed by atoms with Crippen molar-refractivity contribution in [2.24, 2.45) is 0 Å². The molecule has 0 bridgehead atoms. The molecule has 0 saturated heterocycles. The van der Waals surface area contributed by atoms with E-state index in [9.17, 15) is 12.8 Å². The fourth-order valence-corrected chi connectivity index (χ4v) is 3.85. The van der Waals surface area contributed by atoms with Crippen LogP contribution in [-0.4, -0.2) is 8.42 Å². The summed E-state index contributed by atoms with van der Waals surface area (Å²) in [5.41, 5.74) is 7.27. The van der Waals surface area contributed by atoms with Gasteiger partial charge in [0.15, 0.2) is 0 Å². The highest BCUT2D eigenvalue weighted by molar-refractivity contribution is 9.10. The van der Waals surface area contributed by atoms with Crippen molar-refractivity contribution in [3.8, 4) is 0 Å². The van der Waals surface area contributed by atoms with Crippen LogP contribution in [0.3, 0.4) is 0 Å². The Morgan fingerprint density at radius 3 is 2.48 bits per heavy atom. The molecule has 4 nitrogen and oxygen atoms in total. The van der Waals surface area contributed by atoms with E-state index < -0.39 is 20.7 Å². The molecule has 0 amide bonds. The van der Waals surface area contributed by atoms with Gasteiger partial charge in [-0.25, -0.2) is 12.8 Å². The van der Waals surface area contributed by atoms with Crippen molar-refractivity contribution in [3.63, 3.8) is 0 Å². The van der Waals surface area contributed by atoms with Gasteiger partial charge in [0, 0.05) is 10.2 Å². The minimum Gasteiger partial charge on any atom is -0.399 e. The smallest absolute Gasteiger partial charge is 0.264 e. The van der Waals surface area contributed by atoms with Gasteiger partial charge in [0.2, 0.25) is 0 Å². The lowest BCUT2D eigenvalue weighted by Crippen LogP contribution is -2.16. The second kappa shape index (κ2) is 5.65. The molecule has 0 saturated carbocycles. The Kier molecular flexibility index (Phi) is 4.25. The van der Waals surface area contributed by atoms with Crippen molar-refractivity contribution in [1.82, 2.24) is 0 Å². The van der Waals surface area contributed by atoms with Crippen molar-refractivity contribution < 1.29 is 12.8 Å². The molecular weight excluding hydrogens is 359 g/mol. The number of benzene rings is 2. The highest BCUT2D eigenvalue weighted by Crippen LogP contribution is 2.28. The molecule has 0 spiro atoms. The van der Waals surface area contributed by atoms with E-state index in [0.717, 1.165) is 11.6 Å². The average Bonchev–Trinajstić information content (AvgIpc) is 2.37. The van der Waals surface area contributed by atoms with Gasteiger partial charge in [0.1, 0.15) is 10.7 Å². The zero-order chi connectivity index (χ0) is 15.8. The molecule has 2 aromatic carbocycles. The topological polar surface area (TPSA) is 72.2 Å². The largest absolute Gasteiger partial charge is 0.399 e. The second-order valence-electron chi connectivity index (χ2n) is 4.74. The minimum atomic E-state index is -4.06. The van der Waals surface area contributed by atoms with Crippen molar-refractivity contribution in [3.05, 3.63) is 51.7 Å². The maximum atomic E-state index is 14.1. The second-order valence-corrected chi connectivity index (χ2v) is 7.24. The van der Waals surface area contributed by atoms with Crippen LogP contribution >= 0.6 is 15.9 Å². The Bertz CT molecular complexity index is 807. The zero-order valence-corrected chi connectivity index (χ0v) is 13.8. The van der Waals surface area contributed by atoms with E-state index in [1.807, 2.05) is 6.92 Å². The Hall–Kier alpha value is -1.60. The predicted octanol–water partition coefficient (Wildman–Crippen LogP) is 3.59. The Morgan fingerprint density at radius 1 is 1.19 bits per heavy atom. The fraction of sp³-hybridized carbons (Fsp3) is 0.143. The molecule has 0 unspecified atom stereocenters. The van der Waals surface area contributed by atoms with Gasteiger partial charge in [0.25, 0.3) is 10.0 Å². The molecule has 0 aliphatic carbocycles. The van der Waals surface area contributed by atoms with E-state index in [-0.39, 0.29) is 11.3 Å². The number of nitrogens with two attached hydrogens (primary N) is 1. The Labute approximate surface area is 131 Å². The van der Waals surface area contributed by atoms with E-state index in [1.165, 1.54) is 13.0 Å². The van der Waals surface area contributed by atoms with E-state index in [1.54, 1.807) is 18.2 Å². The predicted molar refractivity (Wildman–Crippen MR) is 85.2 cm³/mol. The molecule has 0 radical (unpaired) electrons. The normalized spacial score (nSPS) is 11.4. The third kappa shape index (κ3) is 3.36. The van der Waals surface area contributed by atoms with Crippen LogP contribution in [0.2, 0.25) is 0 Å². The molecule has 0 aliphatic rings. The van der Waals surface area contributed by atoms with Gasteiger partial charge in [-0.1, -0.05) is 6.07 Å². The van der Waals surface area contributed by atoms with Crippen LogP contribution < -0.4 is 10.5 Å². The van der Waals surface area contributed by atoms with Crippen molar-refractivity contribution in [2.75, 3.05) is 10.5 Å². The molecule has 3 N–H and O–H groups in total. The van der Waals surface area contributed by atoms with E-state index in [0.29, 0.717) is 10.2 Å². The molecule has 0 aromatic heterocycles. The molecule has 0 aliphatic heterocycles. The summed E-state index contributed by atoms with van der Waals surface area (Å²) in [5, 5.41) is 0. The summed E-state index contributed by atoms with van der Waals surface area (Å²) in [6, 6.07) is 7.61. The van der Waals surface area contributed by atoms with Crippen LogP contribution in [0.25, 0.3) is 0 Å². The summed E-state index contributed by atoms with van der Waals surface area (Å²) in [7, 11) is -4.06. The number of nitrogens with one attached hydrogen (secondary N) is 1. The van der Waals surface area contributed by atoms with Crippen LogP contribution in [0, 0.1) is 19.7 Å². The van der Waals surface area contributed by atoms with Crippen LogP contribution in [0.15, 0.2) is 39.7 Å². The highest BCUT2D eigenvalue weighted by atomic mass is 79.9. The number of halogens is 2. The first-order valence-corrected chi connectivity index (χ1v) is 8.33. The lowest BCUT2D eigenvalue weighted by molar-refractivity contribution is 0.565. The molecule has 0 heterocycles. The number of hydrogen-bond donors (Lipinski definition) is 2. The number of hydrogen-bond acceptors (Lipinski definition) is 3. The zero-order valence-electron chi connectivity index (χ0n) is 11.4. The number of sulfonamides is 1. The van der Waals surface area contributed by atoms with Crippen LogP contribution in [0.5, 0.6) is 0 Å². The summed E-state index contributed by atoms with van der Waals surface area (Å²) in [6.07, 6.45) is 0. The molecule has 21 heavy (non-hydrogen) atoms. The monoisotopic (exact) mass is 372 g/mol. The van der Waals surface area contributed by atoms with Crippen molar-refractivity contribution in [1.29, 1.82) is 0 Å².